The molecule has 0 spiro atoms. The first kappa shape index (κ1) is 22.7. The van der Waals surface area contributed by atoms with Crippen LogP contribution < -0.4 is 0 Å². The molecule has 7 rings (SSSR count). The first-order valence-corrected chi connectivity index (χ1v) is 12.6. The highest BCUT2D eigenvalue weighted by Gasteiger charge is 2.33. The third kappa shape index (κ3) is 4.10. The molecule has 1 aliphatic rings. The molecule has 9 heteroatoms. The molecule has 8 nitrogen and oxygen atoms in total. The molecule has 1 aromatic carbocycles. The standard InChI is InChI=1S/C29H25FN8/c1-29(30)7-11-38(17-29)16-18-12-21(15-32-14-18)20-2-3-23-22(13-20)26(37-36-23)28-34-24-6-10-33-25(27(24)35-28)19-4-8-31-9-5-19/h2-6,8-10,12-15H,7,11,16-17H2,1H3,(H,34,35)(H,36,37). The van der Waals surface area contributed by atoms with Crippen molar-refractivity contribution in [2.75, 3.05) is 13.1 Å². The minimum absolute atomic E-state index is 0.456. The van der Waals surface area contributed by atoms with Crippen molar-refractivity contribution in [2.45, 2.75) is 25.6 Å². The summed E-state index contributed by atoms with van der Waals surface area (Å²) in [6.45, 7) is 3.58. The molecule has 0 amide bonds. The lowest BCUT2D eigenvalue weighted by Gasteiger charge is -2.17. The van der Waals surface area contributed by atoms with Crippen LogP contribution in [0.3, 0.4) is 0 Å². The van der Waals surface area contributed by atoms with Gasteiger partial charge in [-0.25, -0.2) is 9.37 Å². The molecule has 0 radical (unpaired) electrons. The van der Waals surface area contributed by atoms with E-state index in [-0.39, 0.29) is 0 Å². The number of nitrogens with one attached hydrogen (secondary N) is 2. The Bertz CT molecular complexity index is 1770. The first-order valence-electron chi connectivity index (χ1n) is 12.6. The third-order valence-corrected chi connectivity index (χ3v) is 7.18. The van der Waals surface area contributed by atoms with Gasteiger partial charge in [0.1, 0.15) is 16.9 Å². The van der Waals surface area contributed by atoms with Crippen LogP contribution in [0.25, 0.3) is 55.8 Å². The van der Waals surface area contributed by atoms with Crippen molar-refractivity contribution >= 4 is 21.9 Å². The average Bonchev–Trinajstić information content (AvgIpc) is 3.64. The van der Waals surface area contributed by atoms with E-state index in [4.69, 9.17) is 4.98 Å². The van der Waals surface area contributed by atoms with Crippen LogP contribution in [0.4, 0.5) is 4.39 Å². The Balaban J connectivity index is 1.24. The maximum Gasteiger partial charge on any atom is 0.159 e. The van der Waals surface area contributed by atoms with E-state index in [1.807, 2.05) is 36.7 Å². The summed E-state index contributed by atoms with van der Waals surface area (Å²) in [5.74, 6) is 0.668. The number of hydrogen-bond acceptors (Lipinski definition) is 6. The zero-order valence-electron chi connectivity index (χ0n) is 20.8. The van der Waals surface area contributed by atoms with Gasteiger partial charge in [0.05, 0.1) is 16.7 Å². The Morgan fingerprint density at radius 1 is 0.921 bits per heavy atom. The Morgan fingerprint density at radius 2 is 1.82 bits per heavy atom. The lowest BCUT2D eigenvalue weighted by atomic mass is 10.0. The highest BCUT2D eigenvalue weighted by molar-refractivity contribution is 5.97. The fraction of sp³-hybridized carbons (Fsp3) is 0.207. The lowest BCUT2D eigenvalue weighted by molar-refractivity contribution is 0.186. The van der Waals surface area contributed by atoms with Crippen LogP contribution in [-0.4, -0.2) is 58.8 Å². The number of rotatable bonds is 5. The molecular formula is C29H25FN8. The fourth-order valence-corrected chi connectivity index (χ4v) is 5.28. The number of aromatic amines is 2. The highest BCUT2D eigenvalue weighted by atomic mass is 19.1. The van der Waals surface area contributed by atoms with Gasteiger partial charge in [0.15, 0.2) is 5.82 Å². The molecular weight excluding hydrogens is 479 g/mol. The van der Waals surface area contributed by atoms with Gasteiger partial charge in [-0.2, -0.15) is 5.10 Å². The number of pyridine rings is 3. The molecule has 1 atom stereocenters. The van der Waals surface area contributed by atoms with Gasteiger partial charge in [-0.05, 0) is 60.9 Å². The highest BCUT2D eigenvalue weighted by Crippen LogP contribution is 2.33. The van der Waals surface area contributed by atoms with Crippen molar-refractivity contribution in [3.05, 3.63) is 79.0 Å². The number of aromatic nitrogens is 7. The maximum absolute atomic E-state index is 14.3. The zero-order chi connectivity index (χ0) is 25.7. The number of benzene rings is 1. The Hall–Kier alpha value is -4.50. The second-order valence-corrected chi connectivity index (χ2v) is 10.2. The average molecular weight is 505 g/mol. The number of hydrogen-bond donors (Lipinski definition) is 2. The molecule has 0 bridgehead atoms. The molecule has 6 heterocycles. The van der Waals surface area contributed by atoms with Crippen molar-refractivity contribution in [3.8, 4) is 33.9 Å². The van der Waals surface area contributed by atoms with Gasteiger partial charge < -0.3 is 4.98 Å². The van der Waals surface area contributed by atoms with Crippen molar-refractivity contribution in [3.63, 3.8) is 0 Å². The van der Waals surface area contributed by atoms with Gasteiger partial charge in [-0.3, -0.25) is 25.0 Å². The normalized spacial score (nSPS) is 18.1. The summed E-state index contributed by atoms with van der Waals surface area (Å²) in [4.78, 5) is 23.6. The molecule has 38 heavy (non-hydrogen) atoms. The minimum atomic E-state index is -1.11. The summed E-state index contributed by atoms with van der Waals surface area (Å²) in [5.41, 5.74) is 7.07. The van der Waals surface area contributed by atoms with Crippen LogP contribution in [0.5, 0.6) is 0 Å². The van der Waals surface area contributed by atoms with Gasteiger partial charge in [-0.15, -0.1) is 0 Å². The number of halogens is 1. The first-order chi connectivity index (χ1) is 18.5. The second-order valence-electron chi connectivity index (χ2n) is 10.2. The van der Waals surface area contributed by atoms with Crippen LogP contribution in [0.1, 0.15) is 18.9 Å². The van der Waals surface area contributed by atoms with Gasteiger partial charge >= 0.3 is 0 Å². The summed E-state index contributed by atoms with van der Waals surface area (Å²) in [6, 6.07) is 14.1. The van der Waals surface area contributed by atoms with E-state index in [0.29, 0.717) is 25.3 Å². The van der Waals surface area contributed by atoms with E-state index >= 15 is 0 Å². The quantitative estimate of drug-likeness (QED) is 0.319. The van der Waals surface area contributed by atoms with Gasteiger partial charge in [0, 0.05) is 67.1 Å². The third-order valence-electron chi connectivity index (χ3n) is 7.18. The molecule has 0 aliphatic carbocycles. The van der Waals surface area contributed by atoms with Crippen LogP contribution in [0.2, 0.25) is 0 Å². The van der Waals surface area contributed by atoms with E-state index in [1.54, 1.807) is 25.5 Å². The smallest absolute Gasteiger partial charge is 0.159 e. The minimum Gasteiger partial charge on any atom is -0.336 e. The van der Waals surface area contributed by atoms with E-state index in [2.05, 4.69) is 53.2 Å². The number of alkyl halides is 1. The molecule has 1 aliphatic heterocycles. The molecule has 6 aromatic rings. The number of nitrogens with zero attached hydrogens (tertiary/aromatic N) is 6. The van der Waals surface area contributed by atoms with Crippen molar-refractivity contribution in [1.29, 1.82) is 0 Å². The van der Waals surface area contributed by atoms with Crippen molar-refractivity contribution in [2.24, 2.45) is 0 Å². The maximum atomic E-state index is 14.3. The largest absolute Gasteiger partial charge is 0.336 e. The topological polar surface area (TPSA) is 99.3 Å². The molecule has 188 valence electrons. The van der Waals surface area contributed by atoms with Gasteiger partial charge in [0.2, 0.25) is 0 Å². The molecule has 1 saturated heterocycles. The summed E-state index contributed by atoms with van der Waals surface area (Å²) >= 11 is 0. The van der Waals surface area contributed by atoms with E-state index in [9.17, 15) is 4.39 Å². The fourth-order valence-electron chi connectivity index (χ4n) is 5.28. The van der Waals surface area contributed by atoms with Gasteiger partial charge in [0.25, 0.3) is 0 Å². The molecule has 1 fully saturated rings. The Morgan fingerprint density at radius 3 is 2.66 bits per heavy atom. The lowest BCUT2D eigenvalue weighted by Crippen LogP contribution is -2.25. The monoisotopic (exact) mass is 504 g/mol. The summed E-state index contributed by atoms with van der Waals surface area (Å²) in [7, 11) is 0. The zero-order valence-corrected chi connectivity index (χ0v) is 20.8. The molecule has 2 N–H and O–H groups in total. The SMILES string of the molecule is CC1(F)CCN(Cc2cncc(-c3ccc4[nH]nc(-c5nc6c(-c7ccncc7)nccc6[nH]5)c4c3)c2)C1. The molecule has 1 unspecified atom stereocenters. The van der Waals surface area contributed by atoms with Crippen LogP contribution in [-0.2, 0) is 6.54 Å². The number of fused-ring (bicyclic) bond motifs is 2. The summed E-state index contributed by atoms with van der Waals surface area (Å²) in [6.07, 6.45) is 9.57. The summed E-state index contributed by atoms with van der Waals surface area (Å²) < 4.78 is 14.3. The predicted octanol–water partition coefficient (Wildman–Crippen LogP) is 5.56. The van der Waals surface area contributed by atoms with Gasteiger partial charge in [-0.1, -0.05) is 6.07 Å². The Labute approximate surface area is 218 Å². The number of likely N-dealkylation sites (tertiary alicyclic amines) is 1. The van der Waals surface area contributed by atoms with Crippen molar-refractivity contribution < 1.29 is 4.39 Å². The van der Waals surface area contributed by atoms with Crippen molar-refractivity contribution in [1.82, 2.24) is 40.0 Å². The Kier molecular flexibility index (Phi) is 5.26. The predicted molar refractivity (Wildman–Crippen MR) is 145 cm³/mol. The molecule has 5 aromatic heterocycles. The van der Waals surface area contributed by atoms with E-state index in [1.165, 1.54) is 0 Å². The van der Waals surface area contributed by atoms with Crippen LogP contribution >= 0.6 is 0 Å². The van der Waals surface area contributed by atoms with Crippen LogP contribution in [0.15, 0.2) is 73.4 Å². The van der Waals surface area contributed by atoms with E-state index in [0.717, 1.165) is 62.1 Å². The second kappa shape index (κ2) is 8.81. The number of H-pyrrole nitrogens is 2. The van der Waals surface area contributed by atoms with Crippen LogP contribution in [0, 0.1) is 0 Å². The number of imidazole rings is 1. The molecule has 0 saturated carbocycles. The summed E-state index contributed by atoms with van der Waals surface area (Å²) in [5, 5.41) is 8.68. The van der Waals surface area contributed by atoms with E-state index < -0.39 is 5.67 Å².